The third-order valence-corrected chi connectivity index (χ3v) is 4.17. The number of hydrogen-bond acceptors (Lipinski definition) is 4. The fourth-order valence-corrected chi connectivity index (χ4v) is 2.73. The molecule has 0 spiro atoms. The van der Waals surface area contributed by atoms with Gasteiger partial charge in [0.15, 0.2) is 11.5 Å². The molecule has 0 aliphatic carbocycles. The van der Waals surface area contributed by atoms with E-state index in [4.69, 9.17) is 21.1 Å². The van der Waals surface area contributed by atoms with Gasteiger partial charge in [0, 0.05) is 9.13 Å². The van der Waals surface area contributed by atoms with Crippen molar-refractivity contribution in [3.05, 3.63) is 56.1 Å². The second-order valence-electron chi connectivity index (χ2n) is 5.64. The lowest BCUT2D eigenvalue weighted by molar-refractivity contribution is 0.0955. The van der Waals surface area contributed by atoms with Gasteiger partial charge in [-0.3, -0.25) is 4.79 Å². The van der Waals surface area contributed by atoms with Crippen LogP contribution in [0.25, 0.3) is 0 Å². The van der Waals surface area contributed by atoms with Gasteiger partial charge in [-0.25, -0.2) is 5.43 Å². The topological polar surface area (TPSA) is 59.9 Å². The van der Waals surface area contributed by atoms with Crippen LogP contribution in [-0.2, 0) is 0 Å². The Kier molecular flexibility index (Phi) is 7.71. The van der Waals surface area contributed by atoms with Crippen LogP contribution in [0, 0.1) is 3.57 Å². The number of nitrogens with zero attached hydrogens (tertiary/aromatic N) is 1. The van der Waals surface area contributed by atoms with Crippen molar-refractivity contribution in [2.45, 2.75) is 26.9 Å². The maximum Gasteiger partial charge on any atom is 0.271 e. The zero-order valence-corrected chi connectivity index (χ0v) is 17.7. The number of carbonyl (C=O) groups is 1. The van der Waals surface area contributed by atoms with Gasteiger partial charge in [0.05, 0.1) is 23.9 Å². The number of ether oxygens (including phenoxy) is 2. The molecule has 0 heterocycles. The standard InChI is InChI=1S/C19H20ClIN2O3/c1-4-25-17-10-13(9-16(20)18(17)26-12(2)3)11-22-23-19(24)14-5-7-15(21)8-6-14/h5-12H,4H2,1-3H3,(H,23,24)/b22-11-. The predicted octanol–water partition coefficient (Wildman–Crippen LogP) is 4.89. The monoisotopic (exact) mass is 486 g/mol. The van der Waals surface area contributed by atoms with Crippen molar-refractivity contribution in [2.75, 3.05) is 6.61 Å². The summed E-state index contributed by atoms with van der Waals surface area (Å²) in [6.45, 7) is 6.20. The van der Waals surface area contributed by atoms with Gasteiger partial charge in [-0.1, -0.05) is 11.6 Å². The Labute approximate surface area is 171 Å². The summed E-state index contributed by atoms with van der Waals surface area (Å²) in [5.74, 6) is 0.760. The van der Waals surface area contributed by atoms with Gasteiger partial charge in [-0.15, -0.1) is 0 Å². The molecule has 26 heavy (non-hydrogen) atoms. The Morgan fingerprint density at radius 3 is 2.62 bits per heavy atom. The fraction of sp³-hybridized carbons (Fsp3) is 0.263. The lowest BCUT2D eigenvalue weighted by Crippen LogP contribution is -2.17. The Balaban J connectivity index is 2.14. The summed E-state index contributed by atoms with van der Waals surface area (Å²) < 4.78 is 12.4. The summed E-state index contributed by atoms with van der Waals surface area (Å²) in [5.41, 5.74) is 3.73. The van der Waals surface area contributed by atoms with Gasteiger partial charge in [0.25, 0.3) is 5.91 Å². The van der Waals surface area contributed by atoms with Crippen LogP contribution < -0.4 is 14.9 Å². The van der Waals surface area contributed by atoms with Gasteiger partial charge in [0.1, 0.15) is 0 Å². The first-order chi connectivity index (χ1) is 12.4. The number of rotatable bonds is 7. The van der Waals surface area contributed by atoms with Crippen molar-refractivity contribution < 1.29 is 14.3 Å². The largest absolute Gasteiger partial charge is 0.490 e. The quantitative estimate of drug-likeness (QED) is 0.344. The van der Waals surface area contributed by atoms with E-state index in [-0.39, 0.29) is 12.0 Å². The average Bonchev–Trinajstić information content (AvgIpc) is 2.58. The molecule has 0 unspecified atom stereocenters. The smallest absolute Gasteiger partial charge is 0.271 e. The lowest BCUT2D eigenvalue weighted by Gasteiger charge is -2.16. The molecule has 0 aliphatic rings. The van der Waals surface area contributed by atoms with Crippen LogP contribution in [0.4, 0.5) is 0 Å². The lowest BCUT2D eigenvalue weighted by atomic mass is 10.2. The second kappa shape index (κ2) is 9.78. The minimum Gasteiger partial charge on any atom is -0.490 e. The van der Waals surface area contributed by atoms with Crippen molar-refractivity contribution in [2.24, 2.45) is 5.10 Å². The SMILES string of the molecule is CCOc1cc(/C=N\NC(=O)c2ccc(I)cc2)cc(Cl)c1OC(C)C. The Morgan fingerprint density at radius 1 is 1.31 bits per heavy atom. The molecule has 2 rings (SSSR count). The highest BCUT2D eigenvalue weighted by atomic mass is 127. The molecular formula is C19H20ClIN2O3. The van der Waals surface area contributed by atoms with E-state index in [0.717, 1.165) is 3.57 Å². The Morgan fingerprint density at radius 2 is 2.00 bits per heavy atom. The molecule has 138 valence electrons. The van der Waals surface area contributed by atoms with Crippen LogP contribution in [0.3, 0.4) is 0 Å². The molecule has 0 bridgehead atoms. The maximum atomic E-state index is 12.1. The van der Waals surface area contributed by atoms with Crippen LogP contribution >= 0.6 is 34.2 Å². The minimum absolute atomic E-state index is 0.0283. The van der Waals surface area contributed by atoms with Gasteiger partial charge in [-0.2, -0.15) is 5.10 Å². The molecule has 5 nitrogen and oxygen atoms in total. The van der Waals surface area contributed by atoms with Crippen molar-refractivity contribution in [1.29, 1.82) is 0 Å². The number of nitrogens with one attached hydrogen (secondary N) is 1. The molecule has 0 aromatic heterocycles. The van der Waals surface area contributed by atoms with E-state index in [1.54, 1.807) is 24.3 Å². The van der Waals surface area contributed by atoms with Gasteiger partial charge in [-0.05, 0) is 85.3 Å². The van der Waals surface area contributed by atoms with E-state index >= 15 is 0 Å². The highest BCUT2D eigenvalue weighted by molar-refractivity contribution is 14.1. The van der Waals surface area contributed by atoms with E-state index in [2.05, 4.69) is 33.1 Å². The van der Waals surface area contributed by atoms with Gasteiger partial charge < -0.3 is 9.47 Å². The van der Waals surface area contributed by atoms with Gasteiger partial charge >= 0.3 is 0 Å². The van der Waals surface area contributed by atoms with Crippen LogP contribution in [0.1, 0.15) is 36.7 Å². The molecule has 2 aromatic carbocycles. The summed E-state index contributed by atoms with van der Waals surface area (Å²) in [6, 6.07) is 10.7. The summed E-state index contributed by atoms with van der Waals surface area (Å²) in [4.78, 5) is 12.1. The van der Waals surface area contributed by atoms with Gasteiger partial charge in [0.2, 0.25) is 0 Å². The zero-order valence-electron chi connectivity index (χ0n) is 14.8. The summed E-state index contributed by atoms with van der Waals surface area (Å²) in [5, 5.41) is 4.42. The predicted molar refractivity (Wildman–Crippen MR) is 113 cm³/mol. The summed E-state index contributed by atoms with van der Waals surface area (Å²) in [7, 11) is 0. The second-order valence-corrected chi connectivity index (χ2v) is 7.29. The minimum atomic E-state index is -0.284. The van der Waals surface area contributed by atoms with Crippen molar-refractivity contribution in [3.8, 4) is 11.5 Å². The molecule has 1 N–H and O–H groups in total. The first-order valence-electron chi connectivity index (χ1n) is 8.12. The van der Waals surface area contributed by atoms with Crippen LogP contribution in [0.5, 0.6) is 11.5 Å². The van der Waals surface area contributed by atoms with E-state index in [0.29, 0.717) is 34.3 Å². The van der Waals surface area contributed by atoms with Crippen molar-refractivity contribution in [3.63, 3.8) is 0 Å². The average molecular weight is 487 g/mol. The maximum absolute atomic E-state index is 12.1. The van der Waals surface area contributed by atoms with Crippen LogP contribution in [0.15, 0.2) is 41.5 Å². The highest BCUT2D eigenvalue weighted by Gasteiger charge is 2.13. The highest BCUT2D eigenvalue weighted by Crippen LogP contribution is 2.37. The third kappa shape index (κ3) is 5.88. The number of hydrogen-bond donors (Lipinski definition) is 1. The summed E-state index contributed by atoms with van der Waals surface area (Å²) >= 11 is 8.49. The molecule has 2 aromatic rings. The molecule has 0 saturated carbocycles. The normalized spacial score (nSPS) is 11.0. The Bertz CT molecular complexity index is 792. The van der Waals surface area contributed by atoms with E-state index in [1.165, 1.54) is 6.21 Å². The zero-order chi connectivity index (χ0) is 19.1. The number of hydrazone groups is 1. The molecule has 7 heteroatoms. The summed E-state index contributed by atoms with van der Waals surface area (Å²) in [6.07, 6.45) is 1.48. The molecule has 0 atom stereocenters. The number of benzene rings is 2. The van der Waals surface area contributed by atoms with E-state index in [9.17, 15) is 4.79 Å². The molecule has 0 radical (unpaired) electrons. The molecule has 0 aliphatic heterocycles. The van der Waals surface area contributed by atoms with Crippen LogP contribution in [0.2, 0.25) is 5.02 Å². The molecule has 1 amide bonds. The number of amides is 1. The number of halogens is 2. The first-order valence-corrected chi connectivity index (χ1v) is 9.58. The molecule has 0 saturated heterocycles. The molecular weight excluding hydrogens is 467 g/mol. The van der Waals surface area contributed by atoms with Crippen molar-refractivity contribution >= 4 is 46.3 Å². The number of carbonyl (C=O) groups excluding carboxylic acids is 1. The third-order valence-electron chi connectivity index (χ3n) is 3.17. The fourth-order valence-electron chi connectivity index (χ4n) is 2.11. The van der Waals surface area contributed by atoms with E-state index in [1.807, 2.05) is 32.9 Å². The first kappa shape index (κ1) is 20.5. The van der Waals surface area contributed by atoms with Crippen LogP contribution in [-0.4, -0.2) is 24.8 Å². The van der Waals surface area contributed by atoms with Crippen molar-refractivity contribution in [1.82, 2.24) is 5.43 Å². The Hall–Kier alpha value is -1.80. The molecule has 0 fully saturated rings. The van der Waals surface area contributed by atoms with E-state index < -0.39 is 0 Å².